The van der Waals surface area contributed by atoms with E-state index in [9.17, 15) is 4.79 Å². The van der Waals surface area contributed by atoms with Gasteiger partial charge in [-0.05, 0) is 73.1 Å². The molecule has 1 aliphatic rings. The Balaban J connectivity index is 1.57. The fourth-order valence-corrected chi connectivity index (χ4v) is 3.79. The molecule has 1 aliphatic carbocycles. The Hall–Kier alpha value is -3.07. The molecule has 1 amide bonds. The number of rotatable bonds is 5. The Morgan fingerprint density at radius 3 is 2.54 bits per heavy atom. The largest absolute Gasteiger partial charge is 0.465 e. The van der Waals surface area contributed by atoms with Crippen LogP contribution in [-0.2, 0) is 17.6 Å². The number of aryl methyl sites for hydroxylation is 2. The molecule has 0 spiro atoms. The normalized spacial score (nSPS) is 15.0. The smallest absolute Gasteiger partial charge is 0.252 e. The summed E-state index contributed by atoms with van der Waals surface area (Å²) >= 11 is 0. The van der Waals surface area contributed by atoms with E-state index in [0.29, 0.717) is 11.3 Å². The molecule has 142 valence electrons. The van der Waals surface area contributed by atoms with Gasteiger partial charge < -0.3 is 9.73 Å². The summed E-state index contributed by atoms with van der Waals surface area (Å²) < 4.78 is 5.43. The third-order valence-electron chi connectivity index (χ3n) is 5.38. The molecule has 2 aromatic carbocycles. The van der Waals surface area contributed by atoms with Crippen LogP contribution in [0.25, 0.3) is 11.6 Å². The number of fused-ring (bicyclic) bond motifs is 1. The monoisotopic (exact) mass is 371 g/mol. The second-order valence-electron chi connectivity index (χ2n) is 7.37. The van der Waals surface area contributed by atoms with Crippen molar-refractivity contribution >= 4 is 17.6 Å². The van der Waals surface area contributed by atoms with Gasteiger partial charge in [-0.15, -0.1) is 0 Å². The van der Waals surface area contributed by atoms with Crippen LogP contribution in [-0.4, -0.2) is 5.91 Å². The van der Waals surface area contributed by atoms with Crippen LogP contribution in [0, 0.1) is 0 Å². The standard InChI is InChI=1S/C25H25NO2/c1-18(21-14-13-19-8-5-6-11-22(19)16-21)26-25(27)24(17-23-12-7-15-28-23)20-9-3-2-4-10-20/h2-4,7,9-10,12-18H,5-6,8,11H2,1H3,(H,26,27)/b24-17+. The Morgan fingerprint density at radius 2 is 1.79 bits per heavy atom. The summed E-state index contributed by atoms with van der Waals surface area (Å²) in [4.78, 5) is 13.1. The number of carbonyl (C=O) groups excluding carboxylic acids is 1. The Morgan fingerprint density at radius 1 is 1.00 bits per heavy atom. The molecule has 1 N–H and O–H groups in total. The first kappa shape index (κ1) is 18.3. The van der Waals surface area contributed by atoms with Crippen molar-refractivity contribution in [1.29, 1.82) is 0 Å². The van der Waals surface area contributed by atoms with Gasteiger partial charge in [0.25, 0.3) is 5.91 Å². The first-order chi connectivity index (χ1) is 13.7. The summed E-state index contributed by atoms with van der Waals surface area (Å²) in [7, 11) is 0. The summed E-state index contributed by atoms with van der Waals surface area (Å²) in [6.07, 6.45) is 8.24. The first-order valence-electron chi connectivity index (χ1n) is 9.94. The van der Waals surface area contributed by atoms with E-state index < -0.39 is 0 Å². The molecule has 28 heavy (non-hydrogen) atoms. The maximum absolute atomic E-state index is 13.1. The minimum absolute atomic E-state index is 0.0663. The fraction of sp³-hybridized carbons (Fsp3) is 0.240. The second-order valence-corrected chi connectivity index (χ2v) is 7.37. The molecule has 0 bridgehead atoms. The second kappa shape index (κ2) is 8.30. The van der Waals surface area contributed by atoms with Crippen molar-refractivity contribution in [2.45, 2.75) is 38.6 Å². The molecule has 0 fully saturated rings. The van der Waals surface area contributed by atoms with E-state index in [-0.39, 0.29) is 11.9 Å². The predicted molar refractivity (Wildman–Crippen MR) is 113 cm³/mol. The van der Waals surface area contributed by atoms with Crippen LogP contribution >= 0.6 is 0 Å². The highest BCUT2D eigenvalue weighted by Crippen LogP contribution is 2.26. The molecule has 1 heterocycles. The summed E-state index contributed by atoms with van der Waals surface area (Å²) in [6.45, 7) is 2.04. The van der Waals surface area contributed by atoms with Crippen LogP contribution in [0.15, 0.2) is 71.3 Å². The van der Waals surface area contributed by atoms with E-state index in [0.717, 1.165) is 17.5 Å². The molecule has 1 atom stereocenters. The van der Waals surface area contributed by atoms with Crippen molar-refractivity contribution in [1.82, 2.24) is 5.32 Å². The van der Waals surface area contributed by atoms with Gasteiger partial charge in [-0.2, -0.15) is 0 Å². The zero-order chi connectivity index (χ0) is 19.3. The minimum atomic E-state index is -0.104. The highest BCUT2D eigenvalue weighted by molar-refractivity contribution is 6.24. The minimum Gasteiger partial charge on any atom is -0.465 e. The van der Waals surface area contributed by atoms with Crippen LogP contribution < -0.4 is 5.32 Å². The highest BCUT2D eigenvalue weighted by atomic mass is 16.3. The van der Waals surface area contributed by atoms with Crippen molar-refractivity contribution < 1.29 is 9.21 Å². The van der Waals surface area contributed by atoms with Crippen molar-refractivity contribution in [3.05, 3.63) is 94.9 Å². The van der Waals surface area contributed by atoms with Gasteiger partial charge in [-0.1, -0.05) is 48.5 Å². The number of hydrogen-bond donors (Lipinski definition) is 1. The summed E-state index contributed by atoms with van der Waals surface area (Å²) in [5.74, 6) is 0.559. The molecule has 3 aromatic rings. The predicted octanol–water partition coefficient (Wildman–Crippen LogP) is 5.58. The van der Waals surface area contributed by atoms with Crippen LogP contribution in [0.1, 0.15) is 53.8 Å². The molecule has 4 rings (SSSR count). The van der Waals surface area contributed by atoms with E-state index in [2.05, 4.69) is 23.5 Å². The highest BCUT2D eigenvalue weighted by Gasteiger charge is 2.18. The molecular formula is C25H25NO2. The molecule has 0 saturated heterocycles. The number of nitrogens with one attached hydrogen (secondary N) is 1. The molecule has 1 unspecified atom stereocenters. The van der Waals surface area contributed by atoms with Gasteiger partial charge in [0.05, 0.1) is 17.9 Å². The van der Waals surface area contributed by atoms with Gasteiger partial charge in [0, 0.05) is 0 Å². The maximum atomic E-state index is 13.1. The third kappa shape index (κ3) is 4.09. The molecular weight excluding hydrogens is 346 g/mol. The van der Waals surface area contributed by atoms with Crippen LogP contribution in [0.5, 0.6) is 0 Å². The third-order valence-corrected chi connectivity index (χ3v) is 5.38. The molecule has 3 nitrogen and oxygen atoms in total. The molecule has 0 radical (unpaired) electrons. The Bertz CT molecular complexity index is 971. The van der Waals surface area contributed by atoms with E-state index >= 15 is 0 Å². The van der Waals surface area contributed by atoms with E-state index in [1.807, 2.05) is 49.4 Å². The molecule has 0 saturated carbocycles. The number of carbonyl (C=O) groups is 1. The van der Waals surface area contributed by atoms with E-state index in [1.54, 1.807) is 12.3 Å². The van der Waals surface area contributed by atoms with Crippen molar-refractivity contribution in [2.24, 2.45) is 0 Å². The first-order valence-corrected chi connectivity index (χ1v) is 9.94. The van der Waals surface area contributed by atoms with Crippen LogP contribution in [0.3, 0.4) is 0 Å². The Kier molecular flexibility index (Phi) is 5.43. The van der Waals surface area contributed by atoms with Gasteiger partial charge >= 0.3 is 0 Å². The number of amides is 1. The molecule has 1 aromatic heterocycles. The van der Waals surface area contributed by atoms with E-state index in [1.165, 1.54) is 30.4 Å². The zero-order valence-electron chi connectivity index (χ0n) is 16.2. The van der Waals surface area contributed by atoms with Gasteiger partial charge in [-0.3, -0.25) is 4.79 Å². The lowest BCUT2D eigenvalue weighted by molar-refractivity contribution is -0.116. The number of hydrogen-bond acceptors (Lipinski definition) is 2. The average molecular weight is 371 g/mol. The lowest BCUT2D eigenvalue weighted by Gasteiger charge is -2.20. The molecule has 3 heteroatoms. The zero-order valence-corrected chi connectivity index (χ0v) is 16.2. The summed E-state index contributed by atoms with van der Waals surface area (Å²) in [5.41, 5.74) is 5.50. The van der Waals surface area contributed by atoms with Crippen LogP contribution in [0.4, 0.5) is 0 Å². The molecule has 0 aliphatic heterocycles. The van der Waals surface area contributed by atoms with Crippen LogP contribution in [0.2, 0.25) is 0 Å². The quantitative estimate of drug-likeness (QED) is 0.595. The van der Waals surface area contributed by atoms with E-state index in [4.69, 9.17) is 4.42 Å². The summed E-state index contributed by atoms with van der Waals surface area (Å²) in [5, 5.41) is 3.17. The Labute approximate surface area is 166 Å². The number of benzene rings is 2. The van der Waals surface area contributed by atoms with Crippen molar-refractivity contribution in [3.63, 3.8) is 0 Å². The number of furan rings is 1. The van der Waals surface area contributed by atoms with Gasteiger partial charge in [0.1, 0.15) is 5.76 Å². The topological polar surface area (TPSA) is 42.2 Å². The lowest BCUT2D eigenvalue weighted by atomic mass is 9.89. The average Bonchev–Trinajstić information content (AvgIpc) is 3.25. The SMILES string of the molecule is CC(NC(=O)/C(=C/c1ccco1)c1ccccc1)c1ccc2c(c1)CCCC2. The van der Waals surface area contributed by atoms with Crippen molar-refractivity contribution in [2.75, 3.05) is 0 Å². The van der Waals surface area contributed by atoms with Gasteiger partial charge in [0.2, 0.25) is 0 Å². The summed E-state index contributed by atoms with van der Waals surface area (Å²) in [6, 6.07) is 19.9. The maximum Gasteiger partial charge on any atom is 0.252 e. The lowest BCUT2D eigenvalue weighted by Crippen LogP contribution is -2.27. The van der Waals surface area contributed by atoms with Crippen molar-refractivity contribution in [3.8, 4) is 0 Å². The van der Waals surface area contributed by atoms with Gasteiger partial charge in [-0.25, -0.2) is 0 Å². The fourth-order valence-electron chi connectivity index (χ4n) is 3.79. The van der Waals surface area contributed by atoms with Gasteiger partial charge in [0.15, 0.2) is 0 Å².